The fourth-order valence-corrected chi connectivity index (χ4v) is 2.86. The zero-order valence-electron chi connectivity index (χ0n) is 12.3. The number of benzene rings is 2. The lowest BCUT2D eigenvalue weighted by Gasteiger charge is -2.33. The first-order valence-electron chi connectivity index (χ1n) is 7.03. The first-order chi connectivity index (χ1) is 10.1. The van der Waals surface area contributed by atoms with Crippen LogP contribution in [-0.2, 0) is 0 Å². The first-order valence-corrected chi connectivity index (χ1v) is 7.41. The van der Waals surface area contributed by atoms with Gasteiger partial charge < -0.3 is 0 Å². The molecule has 0 N–H and O–H groups in total. The standard InChI is InChI=1S/C18H19ClN2/c1-14(16-10-6-7-11-17(16)19)21(2)18(12-13-20)15-8-4-3-5-9-15/h3-11,14,18H,12H2,1-2H3. The van der Waals surface area contributed by atoms with Crippen LogP contribution in [0.1, 0.15) is 36.6 Å². The molecule has 2 rings (SSSR count). The van der Waals surface area contributed by atoms with Gasteiger partial charge in [-0.05, 0) is 31.2 Å². The van der Waals surface area contributed by atoms with Gasteiger partial charge in [0, 0.05) is 17.1 Å². The van der Waals surface area contributed by atoms with Crippen LogP contribution < -0.4 is 0 Å². The Hall–Kier alpha value is -1.82. The number of hydrogen-bond acceptors (Lipinski definition) is 2. The first kappa shape index (κ1) is 15.6. The Kier molecular flexibility index (Phi) is 5.38. The smallest absolute Gasteiger partial charge is 0.0641 e. The average Bonchev–Trinajstić information content (AvgIpc) is 2.52. The average molecular weight is 299 g/mol. The van der Waals surface area contributed by atoms with Crippen LogP contribution in [0.25, 0.3) is 0 Å². The van der Waals surface area contributed by atoms with Crippen LogP contribution in [0, 0.1) is 11.3 Å². The van der Waals surface area contributed by atoms with Crippen LogP contribution in [0.5, 0.6) is 0 Å². The van der Waals surface area contributed by atoms with Crippen molar-refractivity contribution >= 4 is 11.6 Å². The summed E-state index contributed by atoms with van der Waals surface area (Å²) in [6.45, 7) is 2.12. The third-order valence-electron chi connectivity index (χ3n) is 3.93. The Balaban J connectivity index is 2.29. The van der Waals surface area contributed by atoms with Crippen LogP contribution in [0.4, 0.5) is 0 Å². The molecule has 2 aromatic rings. The Bertz CT molecular complexity index is 619. The molecule has 0 amide bonds. The minimum Gasteiger partial charge on any atom is -0.292 e. The molecule has 0 aliphatic rings. The highest BCUT2D eigenvalue weighted by molar-refractivity contribution is 6.31. The van der Waals surface area contributed by atoms with E-state index in [0.29, 0.717) is 6.42 Å². The van der Waals surface area contributed by atoms with Gasteiger partial charge in [-0.25, -0.2) is 0 Å². The van der Waals surface area contributed by atoms with Crippen LogP contribution in [-0.4, -0.2) is 11.9 Å². The van der Waals surface area contributed by atoms with E-state index in [9.17, 15) is 0 Å². The van der Waals surface area contributed by atoms with Crippen molar-refractivity contribution < 1.29 is 0 Å². The summed E-state index contributed by atoms with van der Waals surface area (Å²) in [5, 5.41) is 9.92. The Morgan fingerprint density at radius 2 is 1.71 bits per heavy atom. The molecule has 0 aliphatic heterocycles. The second-order valence-electron chi connectivity index (χ2n) is 5.15. The van der Waals surface area contributed by atoms with Gasteiger partial charge in [0.1, 0.15) is 0 Å². The van der Waals surface area contributed by atoms with Crippen LogP contribution in [0.2, 0.25) is 5.02 Å². The maximum atomic E-state index is 9.15. The van der Waals surface area contributed by atoms with E-state index in [1.54, 1.807) is 0 Å². The third-order valence-corrected chi connectivity index (χ3v) is 4.27. The Morgan fingerprint density at radius 1 is 1.10 bits per heavy atom. The lowest BCUT2D eigenvalue weighted by molar-refractivity contribution is 0.188. The quantitative estimate of drug-likeness (QED) is 0.777. The van der Waals surface area contributed by atoms with Crippen molar-refractivity contribution in [2.75, 3.05) is 7.05 Å². The molecule has 2 nitrogen and oxygen atoms in total. The molecule has 2 aromatic carbocycles. The highest BCUT2D eigenvalue weighted by atomic mass is 35.5. The SMILES string of the molecule is CC(c1ccccc1Cl)N(C)C(CC#N)c1ccccc1. The van der Waals surface area contributed by atoms with Gasteiger partial charge in [-0.3, -0.25) is 4.90 Å². The van der Waals surface area contributed by atoms with Gasteiger partial charge in [-0.15, -0.1) is 0 Å². The third kappa shape index (κ3) is 3.64. The highest BCUT2D eigenvalue weighted by Crippen LogP contribution is 2.33. The maximum Gasteiger partial charge on any atom is 0.0641 e. The molecule has 0 heterocycles. The summed E-state index contributed by atoms with van der Waals surface area (Å²) in [5.74, 6) is 0. The fraction of sp³-hybridized carbons (Fsp3) is 0.278. The molecule has 0 aliphatic carbocycles. The van der Waals surface area contributed by atoms with E-state index in [1.165, 1.54) is 0 Å². The van der Waals surface area contributed by atoms with E-state index in [-0.39, 0.29) is 12.1 Å². The van der Waals surface area contributed by atoms with Crippen molar-refractivity contribution in [3.63, 3.8) is 0 Å². The molecule has 0 saturated carbocycles. The fourth-order valence-electron chi connectivity index (χ4n) is 2.56. The molecule has 0 aromatic heterocycles. The molecule has 0 radical (unpaired) electrons. The molecule has 0 saturated heterocycles. The summed E-state index contributed by atoms with van der Waals surface area (Å²) in [6.07, 6.45) is 0.454. The van der Waals surface area contributed by atoms with Crippen LogP contribution in [0.15, 0.2) is 54.6 Å². The van der Waals surface area contributed by atoms with Gasteiger partial charge in [0.05, 0.1) is 12.5 Å². The normalized spacial score (nSPS) is 13.7. The van der Waals surface area contributed by atoms with Crippen molar-refractivity contribution in [1.82, 2.24) is 4.90 Å². The van der Waals surface area contributed by atoms with Gasteiger partial charge in [-0.1, -0.05) is 60.1 Å². The zero-order chi connectivity index (χ0) is 15.2. The monoisotopic (exact) mass is 298 g/mol. The lowest BCUT2D eigenvalue weighted by Crippen LogP contribution is -2.27. The molecule has 0 spiro atoms. The minimum atomic E-state index is 0.0578. The number of nitriles is 1. The van der Waals surface area contributed by atoms with Crippen molar-refractivity contribution in [2.24, 2.45) is 0 Å². The van der Waals surface area contributed by atoms with Crippen molar-refractivity contribution in [3.8, 4) is 6.07 Å². The summed E-state index contributed by atoms with van der Waals surface area (Å²) in [7, 11) is 2.04. The summed E-state index contributed by atoms with van der Waals surface area (Å²) in [5.41, 5.74) is 2.24. The summed E-state index contributed by atoms with van der Waals surface area (Å²) < 4.78 is 0. The van der Waals surface area contributed by atoms with E-state index >= 15 is 0 Å². The summed E-state index contributed by atoms with van der Waals surface area (Å²) in [4.78, 5) is 2.21. The summed E-state index contributed by atoms with van der Waals surface area (Å²) in [6, 6.07) is 20.5. The molecule has 108 valence electrons. The molecule has 0 fully saturated rings. The molecule has 2 atom stereocenters. The number of nitrogens with zero attached hydrogens (tertiary/aromatic N) is 2. The number of rotatable bonds is 5. The second kappa shape index (κ2) is 7.26. The van der Waals surface area contributed by atoms with Gasteiger partial charge in [0.2, 0.25) is 0 Å². The van der Waals surface area contributed by atoms with Crippen molar-refractivity contribution in [2.45, 2.75) is 25.4 Å². The van der Waals surface area contributed by atoms with Gasteiger partial charge in [0.15, 0.2) is 0 Å². The van der Waals surface area contributed by atoms with E-state index in [1.807, 2.05) is 49.5 Å². The molecule has 21 heavy (non-hydrogen) atoms. The molecular formula is C18H19ClN2. The molecule has 3 heteroatoms. The van der Waals surface area contributed by atoms with E-state index in [0.717, 1.165) is 16.1 Å². The highest BCUT2D eigenvalue weighted by Gasteiger charge is 2.23. The summed E-state index contributed by atoms with van der Waals surface area (Å²) >= 11 is 6.30. The lowest BCUT2D eigenvalue weighted by atomic mass is 9.99. The van der Waals surface area contributed by atoms with Gasteiger partial charge in [0.25, 0.3) is 0 Å². The van der Waals surface area contributed by atoms with Crippen LogP contribution >= 0.6 is 11.6 Å². The predicted octanol–water partition coefficient (Wildman–Crippen LogP) is 4.99. The molecular weight excluding hydrogens is 280 g/mol. The maximum absolute atomic E-state index is 9.15. The minimum absolute atomic E-state index is 0.0578. The topological polar surface area (TPSA) is 27.0 Å². The van der Waals surface area contributed by atoms with E-state index in [2.05, 4.69) is 30.0 Å². The molecule has 0 bridgehead atoms. The number of halogens is 1. The van der Waals surface area contributed by atoms with E-state index in [4.69, 9.17) is 16.9 Å². The zero-order valence-corrected chi connectivity index (χ0v) is 13.1. The van der Waals surface area contributed by atoms with Gasteiger partial charge in [-0.2, -0.15) is 5.26 Å². The van der Waals surface area contributed by atoms with Crippen molar-refractivity contribution in [3.05, 3.63) is 70.7 Å². The molecule has 2 unspecified atom stereocenters. The largest absolute Gasteiger partial charge is 0.292 e. The van der Waals surface area contributed by atoms with Gasteiger partial charge >= 0.3 is 0 Å². The van der Waals surface area contributed by atoms with Crippen LogP contribution in [0.3, 0.4) is 0 Å². The number of hydrogen-bond donors (Lipinski definition) is 0. The van der Waals surface area contributed by atoms with E-state index < -0.39 is 0 Å². The predicted molar refractivity (Wildman–Crippen MR) is 87.0 cm³/mol. The Morgan fingerprint density at radius 3 is 2.33 bits per heavy atom. The Labute approximate surface area is 131 Å². The second-order valence-corrected chi connectivity index (χ2v) is 5.56. The van der Waals surface area contributed by atoms with Crippen molar-refractivity contribution in [1.29, 1.82) is 5.26 Å².